The number of hydrogen-bond donors (Lipinski definition) is 0. The summed E-state index contributed by atoms with van der Waals surface area (Å²) in [6.07, 6.45) is 1.85. The highest BCUT2D eigenvalue weighted by Crippen LogP contribution is 2.27. The summed E-state index contributed by atoms with van der Waals surface area (Å²) in [5.74, 6) is 0.612. The predicted molar refractivity (Wildman–Crippen MR) is 106 cm³/mol. The van der Waals surface area contributed by atoms with Gasteiger partial charge >= 0.3 is 0 Å². The Kier molecular flexibility index (Phi) is 4.20. The Balaban J connectivity index is 1.65. The monoisotopic (exact) mass is 390 g/mol. The lowest BCUT2D eigenvalue weighted by molar-refractivity contribution is 0.620. The second kappa shape index (κ2) is 6.65. The number of rotatable bonds is 3. The molecular formula is C21H15BrN2O. The van der Waals surface area contributed by atoms with Gasteiger partial charge in [-0.3, -0.25) is 4.99 Å². The van der Waals surface area contributed by atoms with Crippen LogP contribution in [0.5, 0.6) is 0 Å². The van der Waals surface area contributed by atoms with Gasteiger partial charge in [-0.25, -0.2) is 4.98 Å². The van der Waals surface area contributed by atoms with Gasteiger partial charge in [-0.15, -0.1) is 0 Å². The summed E-state index contributed by atoms with van der Waals surface area (Å²) in [6.45, 7) is 2.05. The molecule has 1 aromatic heterocycles. The van der Waals surface area contributed by atoms with E-state index in [0.29, 0.717) is 5.89 Å². The van der Waals surface area contributed by atoms with Gasteiger partial charge in [0.1, 0.15) is 5.52 Å². The molecule has 0 unspecified atom stereocenters. The quantitative estimate of drug-likeness (QED) is 0.384. The zero-order chi connectivity index (χ0) is 17.2. The molecule has 0 aliphatic rings. The molecule has 0 amide bonds. The van der Waals surface area contributed by atoms with Crippen LogP contribution in [0.2, 0.25) is 0 Å². The van der Waals surface area contributed by atoms with Crippen molar-refractivity contribution in [1.29, 1.82) is 0 Å². The summed E-state index contributed by atoms with van der Waals surface area (Å²) < 4.78 is 6.93. The Morgan fingerprint density at radius 2 is 1.84 bits per heavy atom. The minimum Gasteiger partial charge on any atom is -0.436 e. The fourth-order valence-corrected chi connectivity index (χ4v) is 2.84. The smallest absolute Gasteiger partial charge is 0.227 e. The standard InChI is InChI=1S/C21H15BrN2O/c1-14-5-10-20-19(11-14)24-21(25-20)16-3-2-4-18(12-16)23-13-15-6-8-17(22)9-7-15/h2-13H,1H3. The molecule has 4 rings (SSSR count). The first-order chi connectivity index (χ1) is 12.2. The minimum atomic E-state index is 0.612. The van der Waals surface area contributed by atoms with Gasteiger partial charge in [0, 0.05) is 16.3 Å². The van der Waals surface area contributed by atoms with Gasteiger partial charge < -0.3 is 4.42 Å². The van der Waals surface area contributed by atoms with Crippen molar-refractivity contribution >= 4 is 38.9 Å². The summed E-state index contributed by atoms with van der Waals surface area (Å²) in [5, 5.41) is 0. The minimum absolute atomic E-state index is 0.612. The molecule has 0 saturated carbocycles. The van der Waals surface area contributed by atoms with Crippen LogP contribution >= 0.6 is 15.9 Å². The molecule has 0 atom stereocenters. The number of fused-ring (bicyclic) bond motifs is 1. The van der Waals surface area contributed by atoms with Crippen LogP contribution in [-0.4, -0.2) is 11.2 Å². The number of hydrogen-bond acceptors (Lipinski definition) is 3. The van der Waals surface area contributed by atoms with Crippen molar-refractivity contribution in [1.82, 2.24) is 4.98 Å². The van der Waals surface area contributed by atoms with Gasteiger partial charge in [0.25, 0.3) is 0 Å². The number of aromatic nitrogens is 1. The Labute approximate surface area is 154 Å². The number of oxazole rings is 1. The summed E-state index contributed by atoms with van der Waals surface area (Å²) in [7, 11) is 0. The van der Waals surface area contributed by atoms with Crippen LogP contribution in [0.15, 0.2) is 80.6 Å². The summed E-state index contributed by atoms with van der Waals surface area (Å²) in [4.78, 5) is 9.14. The molecule has 3 aromatic carbocycles. The van der Waals surface area contributed by atoms with Gasteiger partial charge in [-0.05, 0) is 60.5 Å². The van der Waals surface area contributed by atoms with Gasteiger partial charge in [0.2, 0.25) is 5.89 Å². The molecule has 1 heterocycles. The second-order valence-electron chi connectivity index (χ2n) is 5.85. The molecule has 3 nitrogen and oxygen atoms in total. The lowest BCUT2D eigenvalue weighted by Gasteiger charge is -1.98. The van der Waals surface area contributed by atoms with Crippen LogP contribution in [0.1, 0.15) is 11.1 Å². The number of nitrogens with zero attached hydrogens (tertiary/aromatic N) is 2. The maximum Gasteiger partial charge on any atom is 0.227 e. The highest BCUT2D eigenvalue weighted by atomic mass is 79.9. The van der Waals surface area contributed by atoms with Crippen molar-refractivity contribution in [3.63, 3.8) is 0 Å². The average Bonchev–Trinajstić information content (AvgIpc) is 3.05. The first-order valence-electron chi connectivity index (χ1n) is 7.95. The number of halogens is 1. The maximum atomic E-state index is 5.87. The number of aliphatic imine (C=N–C) groups is 1. The lowest BCUT2D eigenvalue weighted by atomic mass is 10.2. The van der Waals surface area contributed by atoms with Crippen molar-refractivity contribution in [2.75, 3.05) is 0 Å². The lowest BCUT2D eigenvalue weighted by Crippen LogP contribution is -1.80. The van der Waals surface area contributed by atoms with Crippen LogP contribution in [0, 0.1) is 6.92 Å². The van der Waals surface area contributed by atoms with E-state index in [1.807, 2.05) is 79.9 Å². The van der Waals surface area contributed by atoms with E-state index in [0.717, 1.165) is 32.4 Å². The summed E-state index contributed by atoms with van der Waals surface area (Å²) in [6, 6.07) is 21.9. The summed E-state index contributed by atoms with van der Waals surface area (Å²) >= 11 is 3.43. The molecule has 4 heteroatoms. The number of benzene rings is 3. The van der Waals surface area contributed by atoms with E-state index in [1.165, 1.54) is 5.56 Å². The van der Waals surface area contributed by atoms with E-state index in [4.69, 9.17) is 4.42 Å². The van der Waals surface area contributed by atoms with Gasteiger partial charge in [0.05, 0.1) is 5.69 Å². The molecule has 0 aliphatic heterocycles. The SMILES string of the molecule is Cc1ccc2oc(-c3cccc(N=Cc4ccc(Br)cc4)c3)nc2c1. The predicted octanol–water partition coefficient (Wildman–Crippen LogP) is 6.32. The molecule has 122 valence electrons. The van der Waals surface area contributed by atoms with Crippen molar-refractivity contribution in [2.24, 2.45) is 4.99 Å². The van der Waals surface area contributed by atoms with Gasteiger partial charge in [-0.1, -0.05) is 40.2 Å². The first-order valence-corrected chi connectivity index (χ1v) is 8.74. The molecule has 25 heavy (non-hydrogen) atoms. The largest absolute Gasteiger partial charge is 0.436 e. The Hall–Kier alpha value is -2.72. The average molecular weight is 391 g/mol. The first kappa shape index (κ1) is 15.8. The fourth-order valence-electron chi connectivity index (χ4n) is 2.58. The molecule has 0 radical (unpaired) electrons. The molecule has 0 spiro atoms. The van der Waals surface area contributed by atoms with Crippen LogP contribution in [0.25, 0.3) is 22.6 Å². The van der Waals surface area contributed by atoms with Crippen LogP contribution in [0.4, 0.5) is 5.69 Å². The zero-order valence-corrected chi connectivity index (χ0v) is 15.2. The fraction of sp³-hybridized carbons (Fsp3) is 0.0476. The van der Waals surface area contributed by atoms with Crippen LogP contribution in [-0.2, 0) is 0 Å². The topological polar surface area (TPSA) is 38.4 Å². The third kappa shape index (κ3) is 3.54. The highest BCUT2D eigenvalue weighted by Gasteiger charge is 2.08. The molecule has 0 N–H and O–H groups in total. The van der Waals surface area contributed by atoms with E-state index in [9.17, 15) is 0 Å². The Morgan fingerprint density at radius 1 is 1.00 bits per heavy atom. The third-order valence-corrected chi connectivity index (χ3v) is 4.40. The zero-order valence-electron chi connectivity index (χ0n) is 13.6. The third-order valence-electron chi connectivity index (χ3n) is 3.87. The second-order valence-corrected chi connectivity index (χ2v) is 6.77. The Morgan fingerprint density at radius 3 is 2.68 bits per heavy atom. The van der Waals surface area contributed by atoms with Crippen molar-refractivity contribution < 1.29 is 4.42 Å². The van der Waals surface area contributed by atoms with E-state index in [2.05, 4.69) is 25.9 Å². The molecule has 0 bridgehead atoms. The van der Waals surface area contributed by atoms with E-state index in [-0.39, 0.29) is 0 Å². The van der Waals surface area contributed by atoms with E-state index >= 15 is 0 Å². The number of aryl methyl sites for hydroxylation is 1. The normalized spacial score (nSPS) is 11.4. The molecule has 0 aliphatic carbocycles. The molecule has 0 fully saturated rings. The van der Waals surface area contributed by atoms with Gasteiger partial charge in [-0.2, -0.15) is 0 Å². The maximum absolute atomic E-state index is 5.87. The highest BCUT2D eigenvalue weighted by molar-refractivity contribution is 9.10. The summed E-state index contributed by atoms with van der Waals surface area (Å²) in [5.41, 5.74) is 5.66. The molecule has 0 saturated heterocycles. The van der Waals surface area contributed by atoms with Crippen LogP contribution in [0.3, 0.4) is 0 Å². The molecular weight excluding hydrogens is 376 g/mol. The Bertz CT molecular complexity index is 1060. The van der Waals surface area contributed by atoms with Crippen molar-refractivity contribution in [2.45, 2.75) is 6.92 Å². The van der Waals surface area contributed by atoms with Crippen molar-refractivity contribution in [3.05, 3.63) is 82.3 Å². The van der Waals surface area contributed by atoms with Crippen LogP contribution < -0.4 is 0 Å². The van der Waals surface area contributed by atoms with Gasteiger partial charge in [0.15, 0.2) is 5.58 Å². The van der Waals surface area contributed by atoms with E-state index in [1.54, 1.807) is 0 Å². The molecule has 4 aromatic rings. The van der Waals surface area contributed by atoms with E-state index < -0.39 is 0 Å². The van der Waals surface area contributed by atoms with Crippen molar-refractivity contribution in [3.8, 4) is 11.5 Å².